The van der Waals surface area contributed by atoms with Crippen LogP contribution in [0.1, 0.15) is 55.7 Å². The Kier molecular flexibility index (Phi) is 7.00. The minimum absolute atomic E-state index is 0.567. The van der Waals surface area contributed by atoms with Crippen LogP contribution in [0.2, 0.25) is 0 Å². The molecule has 1 aromatic heterocycles. The number of imidazole rings is 1. The Morgan fingerprint density at radius 1 is 0.769 bits per heavy atom. The Balaban J connectivity index is 1.11. The third kappa shape index (κ3) is 5.17. The van der Waals surface area contributed by atoms with Gasteiger partial charge in [-0.05, 0) is 124 Å². The van der Waals surface area contributed by atoms with Crippen LogP contribution in [0.25, 0.3) is 33.5 Å². The molecule has 0 amide bonds. The van der Waals surface area contributed by atoms with Gasteiger partial charge in [0.05, 0.1) is 11.0 Å². The van der Waals surface area contributed by atoms with Crippen LogP contribution in [0.15, 0.2) is 65.6 Å². The van der Waals surface area contributed by atoms with Crippen molar-refractivity contribution >= 4 is 22.8 Å². The van der Waals surface area contributed by atoms with Gasteiger partial charge in [-0.1, -0.05) is 36.4 Å². The molecule has 0 spiro atoms. The van der Waals surface area contributed by atoms with E-state index in [0.717, 1.165) is 23.9 Å². The number of fused-ring (bicyclic) bond motifs is 1. The summed E-state index contributed by atoms with van der Waals surface area (Å²) >= 11 is 1.79. The smallest absolute Gasteiger partial charge is 0.141 e. The molecule has 3 aromatic carbocycles. The lowest BCUT2D eigenvalue weighted by Gasteiger charge is -2.36. The van der Waals surface area contributed by atoms with E-state index in [1.165, 1.54) is 103 Å². The Morgan fingerprint density at radius 2 is 1.46 bits per heavy atom. The Morgan fingerprint density at radius 3 is 2.13 bits per heavy atom. The molecular weight excluding hydrogens is 496 g/mol. The van der Waals surface area contributed by atoms with Gasteiger partial charge in [-0.2, -0.15) is 0 Å². The Labute approximate surface area is 237 Å². The molecule has 0 atom stereocenters. The van der Waals surface area contributed by atoms with E-state index in [9.17, 15) is 0 Å². The average Bonchev–Trinajstić information content (AvgIpc) is 3.50. The molecular formula is C34H40N4S. The van der Waals surface area contributed by atoms with Crippen LogP contribution >= 0.6 is 11.8 Å². The van der Waals surface area contributed by atoms with E-state index in [2.05, 4.69) is 88.2 Å². The summed E-state index contributed by atoms with van der Waals surface area (Å²) in [6, 6.07) is 24.3. The molecule has 3 heterocycles. The third-order valence-corrected chi connectivity index (χ3v) is 9.90. The largest absolute Gasteiger partial charge is 0.321 e. The van der Waals surface area contributed by atoms with E-state index >= 15 is 0 Å². The number of aryl methyl sites for hydroxylation is 1. The Bertz CT molecular complexity index is 1440. The quantitative estimate of drug-likeness (QED) is 0.225. The molecule has 3 aliphatic rings. The summed E-state index contributed by atoms with van der Waals surface area (Å²) in [4.78, 5) is 11.9. The zero-order chi connectivity index (χ0) is 26.3. The summed E-state index contributed by atoms with van der Waals surface area (Å²) in [6.07, 6.45) is 10.1. The fourth-order valence-corrected chi connectivity index (χ4v) is 7.20. The summed E-state index contributed by atoms with van der Waals surface area (Å²) in [5.74, 6) is 1.12. The number of hydrogen-bond donors (Lipinski definition) is 0. The first kappa shape index (κ1) is 25.4. The number of rotatable bonds is 7. The highest BCUT2D eigenvalue weighted by Crippen LogP contribution is 2.43. The van der Waals surface area contributed by atoms with Crippen molar-refractivity contribution in [2.75, 3.05) is 32.4 Å². The maximum Gasteiger partial charge on any atom is 0.141 e. The van der Waals surface area contributed by atoms with Gasteiger partial charge in [0.1, 0.15) is 5.82 Å². The molecule has 4 nitrogen and oxygen atoms in total. The normalized spacial score (nSPS) is 19.3. The predicted octanol–water partition coefficient (Wildman–Crippen LogP) is 7.80. The lowest BCUT2D eigenvalue weighted by Crippen LogP contribution is -2.43. The monoisotopic (exact) mass is 536 g/mol. The molecule has 3 fully saturated rings. The predicted molar refractivity (Wildman–Crippen MR) is 164 cm³/mol. The van der Waals surface area contributed by atoms with Gasteiger partial charge in [-0.25, -0.2) is 4.98 Å². The van der Waals surface area contributed by atoms with Crippen molar-refractivity contribution in [3.63, 3.8) is 0 Å². The van der Waals surface area contributed by atoms with Crippen LogP contribution in [0.3, 0.4) is 0 Å². The average molecular weight is 537 g/mol. The molecule has 1 saturated carbocycles. The van der Waals surface area contributed by atoms with Gasteiger partial charge < -0.3 is 9.47 Å². The van der Waals surface area contributed by atoms with Crippen LogP contribution in [0.5, 0.6) is 0 Å². The SMILES string of the molecule is CSc1ccc(-c2nc3c(C)cc(-c4ccc(CN5CCC(N6CCCC6)CC5)cc4)cc3n2C2CC2)cc1. The van der Waals surface area contributed by atoms with Gasteiger partial charge in [-0.3, -0.25) is 4.90 Å². The number of hydrogen-bond acceptors (Lipinski definition) is 4. The van der Waals surface area contributed by atoms with Crippen LogP contribution in [0, 0.1) is 6.92 Å². The maximum absolute atomic E-state index is 5.19. The molecule has 7 rings (SSSR count). The molecule has 0 N–H and O–H groups in total. The van der Waals surface area contributed by atoms with Gasteiger partial charge in [0, 0.05) is 29.1 Å². The Hall–Kier alpha value is -2.60. The topological polar surface area (TPSA) is 24.3 Å². The fourth-order valence-electron chi connectivity index (χ4n) is 6.79. The molecule has 2 aliphatic heterocycles. The van der Waals surface area contributed by atoms with Crippen LogP contribution < -0.4 is 0 Å². The summed E-state index contributed by atoms with van der Waals surface area (Å²) in [6.45, 7) is 8.39. The summed E-state index contributed by atoms with van der Waals surface area (Å²) in [5.41, 5.74) is 8.91. The van der Waals surface area contributed by atoms with Crippen molar-refractivity contribution in [1.29, 1.82) is 0 Å². The second kappa shape index (κ2) is 10.8. The minimum Gasteiger partial charge on any atom is -0.321 e. The highest BCUT2D eigenvalue weighted by molar-refractivity contribution is 7.98. The number of aromatic nitrogens is 2. The van der Waals surface area contributed by atoms with Gasteiger partial charge in [0.15, 0.2) is 0 Å². The van der Waals surface area contributed by atoms with E-state index < -0.39 is 0 Å². The third-order valence-electron chi connectivity index (χ3n) is 9.15. The first-order valence-electron chi connectivity index (χ1n) is 14.9. The van der Waals surface area contributed by atoms with Crippen molar-refractivity contribution in [1.82, 2.24) is 19.4 Å². The first-order chi connectivity index (χ1) is 19.2. The molecule has 5 heteroatoms. The van der Waals surface area contributed by atoms with Crippen molar-refractivity contribution in [3.05, 3.63) is 71.8 Å². The van der Waals surface area contributed by atoms with Crippen molar-refractivity contribution in [2.45, 2.75) is 69.0 Å². The van der Waals surface area contributed by atoms with E-state index in [-0.39, 0.29) is 0 Å². The van der Waals surface area contributed by atoms with E-state index in [1.54, 1.807) is 11.8 Å². The molecule has 4 aromatic rings. The van der Waals surface area contributed by atoms with Crippen LogP contribution in [-0.2, 0) is 6.54 Å². The van der Waals surface area contributed by atoms with Gasteiger partial charge in [-0.15, -0.1) is 11.8 Å². The lowest BCUT2D eigenvalue weighted by atomic mass is 10.00. The number of thioether (sulfide) groups is 1. The molecule has 1 aliphatic carbocycles. The molecule has 0 unspecified atom stereocenters. The van der Waals surface area contributed by atoms with Crippen molar-refractivity contribution < 1.29 is 0 Å². The van der Waals surface area contributed by atoms with Gasteiger partial charge in [0.2, 0.25) is 0 Å². The summed E-state index contributed by atoms with van der Waals surface area (Å²) in [7, 11) is 0. The molecule has 0 bridgehead atoms. The number of nitrogens with zero attached hydrogens (tertiary/aromatic N) is 4. The number of benzene rings is 3. The first-order valence-corrected chi connectivity index (χ1v) is 16.1. The van der Waals surface area contributed by atoms with Crippen molar-refractivity contribution in [2.24, 2.45) is 0 Å². The molecule has 39 heavy (non-hydrogen) atoms. The van der Waals surface area contributed by atoms with Gasteiger partial charge in [0.25, 0.3) is 0 Å². The summed E-state index contributed by atoms with van der Waals surface area (Å²) in [5, 5.41) is 0. The van der Waals surface area contributed by atoms with E-state index in [0.29, 0.717) is 6.04 Å². The maximum atomic E-state index is 5.19. The van der Waals surface area contributed by atoms with Crippen molar-refractivity contribution in [3.8, 4) is 22.5 Å². The molecule has 0 radical (unpaired) electrons. The minimum atomic E-state index is 0.567. The second-order valence-corrected chi connectivity index (χ2v) is 12.8. The van der Waals surface area contributed by atoms with Crippen LogP contribution in [-0.4, -0.2) is 57.8 Å². The lowest BCUT2D eigenvalue weighted by molar-refractivity contribution is 0.122. The molecule has 2 saturated heterocycles. The van der Waals surface area contributed by atoms with Crippen LogP contribution in [0.4, 0.5) is 0 Å². The van der Waals surface area contributed by atoms with Gasteiger partial charge >= 0.3 is 0 Å². The summed E-state index contributed by atoms with van der Waals surface area (Å²) < 4.78 is 2.51. The number of likely N-dealkylation sites (tertiary alicyclic amines) is 2. The van der Waals surface area contributed by atoms with E-state index in [4.69, 9.17) is 4.98 Å². The number of piperidine rings is 1. The fraction of sp³-hybridized carbons (Fsp3) is 0.441. The highest BCUT2D eigenvalue weighted by Gasteiger charge is 2.30. The highest BCUT2D eigenvalue weighted by atomic mass is 32.2. The zero-order valence-corrected chi connectivity index (χ0v) is 24.2. The molecule has 202 valence electrons. The zero-order valence-electron chi connectivity index (χ0n) is 23.4. The standard InChI is InChI=1S/C34H40N4S/c1-24-21-28(22-32-33(24)35-34(38(32)30-11-12-30)27-9-13-31(39-2)14-10-27)26-7-5-25(6-8-26)23-36-19-15-29(16-20-36)37-17-3-4-18-37/h5-10,13-14,21-22,29-30H,3-4,11-12,15-20,23H2,1-2H3. The second-order valence-electron chi connectivity index (χ2n) is 11.9. The van der Waals surface area contributed by atoms with E-state index in [1.807, 2.05) is 0 Å².